The third kappa shape index (κ3) is 4.97. The van der Waals surface area contributed by atoms with E-state index in [1.165, 1.54) is 64.7 Å². The molecule has 290 valence electrons. The zero-order valence-electron chi connectivity index (χ0n) is 33.6. The molecule has 3 heteroatoms. The van der Waals surface area contributed by atoms with E-state index in [0.717, 1.165) is 49.8 Å². The molecule has 12 aromatic rings. The number of rotatable bonds is 6. The zero-order valence-corrected chi connectivity index (χ0v) is 34.4. The molecule has 0 radical (unpaired) electrons. The van der Waals surface area contributed by atoms with E-state index in [2.05, 4.69) is 229 Å². The number of benzene rings is 10. The average Bonchev–Trinajstić information content (AvgIpc) is 4.02. The summed E-state index contributed by atoms with van der Waals surface area (Å²) in [5.74, 6) is 0. The molecule has 10 aromatic carbocycles. The summed E-state index contributed by atoms with van der Waals surface area (Å²) >= 11 is 1.86. The first kappa shape index (κ1) is 35.1. The minimum Gasteiger partial charge on any atom is -0.453 e. The molecule has 0 amide bonds. The van der Waals surface area contributed by atoms with E-state index in [0.29, 0.717) is 0 Å². The second-order valence-corrected chi connectivity index (χ2v) is 17.4. The van der Waals surface area contributed by atoms with Gasteiger partial charge < -0.3 is 9.32 Å². The van der Waals surface area contributed by atoms with Gasteiger partial charge in [0.05, 0.1) is 16.8 Å². The van der Waals surface area contributed by atoms with Crippen molar-refractivity contribution in [1.82, 2.24) is 0 Å². The molecule has 0 saturated heterocycles. The maximum absolute atomic E-state index is 7.12. The summed E-state index contributed by atoms with van der Waals surface area (Å²) in [5, 5.41) is 7.10. The summed E-state index contributed by atoms with van der Waals surface area (Å²) < 4.78 is 9.74. The molecular weight excluding hydrogens is 771 g/mol. The number of thiophene rings is 1. The van der Waals surface area contributed by atoms with Gasteiger partial charge in [0.25, 0.3) is 0 Å². The first-order valence-electron chi connectivity index (χ1n) is 21.3. The zero-order chi connectivity index (χ0) is 40.8. The molecule has 0 saturated carbocycles. The van der Waals surface area contributed by atoms with Crippen molar-refractivity contribution in [3.05, 3.63) is 247 Å². The molecular formula is C59H37NOS. The fourth-order valence-electron chi connectivity index (χ4n) is 10.6. The Balaban J connectivity index is 1.09. The van der Waals surface area contributed by atoms with Crippen LogP contribution in [-0.2, 0) is 5.41 Å². The van der Waals surface area contributed by atoms with E-state index < -0.39 is 5.41 Å². The van der Waals surface area contributed by atoms with E-state index >= 15 is 0 Å². The van der Waals surface area contributed by atoms with Crippen LogP contribution in [0.1, 0.15) is 22.3 Å². The van der Waals surface area contributed by atoms with Crippen molar-refractivity contribution < 1.29 is 4.42 Å². The number of hydrogen-bond acceptors (Lipinski definition) is 3. The van der Waals surface area contributed by atoms with Gasteiger partial charge in [-0.05, 0) is 86.8 Å². The monoisotopic (exact) mass is 807 g/mol. The van der Waals surface area contributed by atoms with Crippen LogP contribution in [0.25, 0.3) is 75.1 Å². The molecule has 2 heterocycles. The number of nitrogens with zero attached hydrogens (tertiary/aromatic N) is 1. The maximum Gasteiger partial charge on any atom is 0.159 e. The summed E-state index contributed by atoms with van der Waals surface area (Å²) in [7, 11) is 0. The summed E-state index contributed by atoms with van der Waals surface area (Å²) in [6.45, 7) is 0. The molecule has 0 unspecified atom stereocenters. The van der Waals surface area contributed by atoms with Crippen molar-refractivity contribution in [2.45, 2.75) is 5.41 Å². The molecule has 13 rings (SSSR count). The van der Waals surface area contributed by atoms with Crippen LogP contribution < -0.4 is 4.90 Å². The smallest absolute Gasteiger partial charge is 0.159 e. The Morgan fingerprint density at radius 2 is 0.984 bits per heavy atom. The van der Waals surface area contributed by atoms with E-state index in [1.54, 1.807) is 0 Å². The van der Waals surface area contributed by atoms with Gasteiger partial charge >= 0.3 is 0 Å². The Bertz CT molecular complexity index is 3650. The lowest BCUT2D eigenvalue weighted by Gasteiger charge is -2.34. The van der Waals surface area contributed by atoms with Crippen LogP contribution in [0.4, 0.5) is 17.1 Å². The van der Waals surface area contributed by atoms with Gasteiger partial charge in [-0.15, -0.1) is 11.3 Å². The summed E-state index contributed by atoms with van der Waals surface area (Å²) in [6.07, 6.45) is 0. The standard InChI is InChI=1S/C59H37NOS/c1-3-17-40(18-4-1)59(41-19-5-2-6-20-41)49-26-11-9-22-47(49)56-50(59)27-15-28-51(56)60(52-29-13-25-45-46-37-34-38-16-7-8-21-44(38)57(46)61-58(45)52)42-35-32-39(33-36-42)43-24-14-31-54-55(43)48-23-10-12-30-53(48)62-54/h1-37H. The average molecular weight is 808 g/mol. The predicted molar refractivity (Wildman–Crippen MR) is 262 cm³/mol. The van der Waals surface area contributed by atoms with Gasteiger partial charge in [-0.2, -0.15) is 0 Å². The quantitative estimate of drug-likeness (QED) is 0.166. The normalized spacial score (nSPS) is 13.0. The van der Waals surface area contributed by atoms with Crippen LogP contribution >= 0.6 is 11.3 Å². The molecule has 2 aromatic heterocycles. The van der Waals surface area contributed by atoms with Gasteiger partial charge in [-0.1, -0.05) is 182 Å². The Morgan fingerprint density at radius 1 is 0.387 bits per heavy atom. The highest BCUT2D eigenvalue weighted by Gasteiger charge is 2.47. The minimum absolute atomic E-state index is 0.535. The second-order valence-electron chi connectivity index (χ2n) is 16.3. The fourth-order valence-corrected chi connectivity index (χ4v) is 11.7. The highest BCUT2D eigenvalue weighted by Crippen LogP contribution is 2.60. The van der Waals surface area contributed by atoms with Crippen molar-refractivity contribution in [2.75, 3.05) is 4.90 Å². The first-order chi connectivity index (χ1) is 30.8. The number of anilines is 3. The van der Waals surface area contributed by atoms with Crippen LogP contribution in [0.2, 0.25) is 0 Å². The summed E-state index contributed by atoms with van der Waals surface area (Å²) in [4.78, 5) is 2.44. The van der Waals surface area contributed by atoms with Crippen LogP contribution in [0, 0.1) is 0 Å². The summed E-state index contributed by atoms with van der Waals surface area (Å²) in [5.41, 5.74) is 14.3. The van der Waals surface area contributed by atoms with Crippen molar-refractivity contribution >= 4 is 81.3 Å². The highest BCUT2D eigenvalue weighted by molar-refractivity contribution is 7.25. The highest BCUT2D eigenvalue weighted by atomic mass is 32.1. The van der Waals surface area contributed by atoms with E-state index in [-0.39, 0.29) is 0 Å². The third-order valence-corrected chi connectivity index (χ3v) is 14.3. The molecule has 0 N–H and O–H groups in total. The largest absolute Gasteiger partial charge is 0.453 e. The SMILES string of the molecule is c1ccc(C2(c3ccccc3)c3ccccc3-c3c(N(c4ccc(-c5cccc6sc7ccccc7c56)cc4)c4cccc5c4oc4c6ccccc6ccc54)cccc32)cc1. The molecule has 1 aliphatic rings. The van der Waals surface area contributed by atoms with Crippen LogP contribution in [-0.4, -0.2) is 0 Å². The third-order valence-electron chi connectivity index (χ3n) is 13.1. The van der Waals surface area contributed by atoms with Crippen molar-refractivity contribution in [3.63, 3.8) is 0 Å². The topological polar surface area (TPSA) is 16.4 Å². The summed E-state index contributed by atoms with van der Waals surface area (Å²) in [6, 6.07) is 82.2. The van der Waals surface area contributed by atoms with Gasteiger partial charge in [0.15, 0.2) is 5.58 Å². The second kappa shape index (κ2) is 13.7. The molecule has 2 nitrogen and oxygen atoms in total. The van der Waals surface area contributed by atoms with Crippen molar-refractivity contribution in [2.24, 2.45) is 0 Å². The van der Waals surface area contributed by atoms with Crippen molar-refractivity contribution in [1.29, 1.82) is 0 Å². The van der Waals surface area contributed by atoms with Crippen LogP contribution in [0.5, 0.6) is 0 Å². The fraction of sp³-hybridized carbons (Fsp3) is 0.0169. The molecule has 62 heavy (non-hydrogen) atoms. The van der Waals surface area contributed by atoms with E-state index in [1.807, 2.05) is 11.3 Å². The lowest BCUT2D eigenvalue weighted by atomic mass is 9.68. The molecule has 0 fully saturated rings. The number of para-hydroxylation sites is 1. The Kier molecular flexibility index (Phi) is 7.72. The van der Waals surface area contributed by atoms with E-state index in [4.69, 9.17) is 4.42 Å². The lowest BCUT2D eigenvalue weighted by molar-refractivity contribution is 0.673. The van der Waals surface area contributed by atoms with Crippen LogP contribution in [0.15, 0.2) is 229 Å². The van der Waals surface area contributed by atoms with Gasteiger partial charge in [0, 0.05) is 47.6 Å². The molecule has 1 aliphatic carbocycles. The Morgan fingerprint density at radius 3 is 1.81 bits per heavy atom. The van der Waals surface area contributed by atoms with Crippen molar-refractivity contribution in [3.8, 4) is 22.3 Å². The van der Waals surface area contributed by atoms with Gasteiger partial charge in [-0.3, -0.25) is 0 Å². The molecule has 0 aliphatic heterocycles. The minimum atomic E-state index is -0.535. The lowest BCUT2D eigenvalue weighted by Crippen LogP contribution is -2.28. The molecule has 0 atom stereocenters. The van der Waals surface area contributed by atoms with Crippen LogP contribution in [0.3, 0.4) is 0 Å². The van der Waals surface area contributed by atoms with E-state index in [9.17, 15) is 0 Å². The number of fused-ring (bicyclic) bond motifs is 11. The molecule has 0 spiro atoms. The van der Waals surface area contributed by atoms with Gasteiger partial charge in [0.2, 0.25) is 0 Å². The maximum atomic E-state index is 7.12. The number of hydrogen-bond donors (Lipinski definition) is 0. The predicted octanol–water partition coefficient (Wildman–Crippen LogP) is 16.6. The Labute approximate surface area is 363 Å². The molecule has 0 bridgehead atoms. The Hall–Kier alpha value is -7.72. The number of furan rings is 1. The first-order valence-corrected chi connectivity index (χ1v) is 22.1. The van der Waals surface area contributed by atoms with Gasteiger partial charge in [-0.25, -0.2) is 0 Å². The van der Waals surface area contributed by atoms with Gasteiger partial charge in [0.1, 0.15) is 5.58 Å².